The lowest BCUT2D eigenvalue weighted by atomic mass is 10.3. The predicted octanol–water partition coefficient (Wildman–Crippen LogP) is 1.78. The van der Waals surface area contributed by atoms with Crippen molar-refractivity contribution in [2.24, 2.45) is 0 Å². The van der Waals surface area contributed by atoms with Gasteiger partial charge in [-0.05, 0) is 18.4 Å². The number of hydrogen-bond acceptors (Lipinski definition) is 6. The molecule has 2 aromatic heterocycles. The Kier molecular flexibility index (Phi) is 3.82. The number of aliphatic hydroxyl groups is 1. The van der Waals surface area contributed by atoms with E-state index in [-0.39, 0.29) is 5.91 Å². The number of nitrogens with zero attached hydrogens (tertiary/aromatic N) is 2. The third kappa shape index (κ3) is 3.32. The molecule has 0 aliphatic carbocycles. The summed E-state index contributed by atoms with van der Waals surface area (Å²) >= 11 is 2.49. The summed E-state index contributed by atoms with van der Waals surface area (Å²) in [4.78, 5) is 16.5. The predicted molar refractivity (Wildman–Crippen MR) is 67.6 cm³/mol. The second-order valence-electron chi connectivity index (χ2n) is 3.50. The molecule has 1 atom stereocenters. The first-order valence-corrected chi connectivity index (χ1v) is 6.66. The molecule has 0 aliphatic rings. The first-order chi connectivity index (χ1) is 8.15. The molecule has 0 aromatic carbocycles. The molecule has 0 unspecified atom stereocenters. The minimum absolute atomic E-state index is 0.181. The Morgan fingerprint density at radius 3 is 3.12 bits per heavy atom. The molecule has 2 rings (SSSR count). The second kappa shape index (κ2) is 5.35. The Balaban J connectivity index is 1.99. The van der Waals surface area contributed by atoms with Gasteiger partial charge in [0.2, 0.25) is 5.13 Å². The minimum atomic E-state index is -0.481. The Morgan fingerprint density at radius 1 is 1.65 bits per heavy atom. The van der Waals surface area contributed by atoms with Crippen LogP contribution in [0.2, 0.25) is 0 Å². The standard InChI is InChI=1S/C10H11N3O2S2/c1-6(14)5-8-11-10(17-13-8)12-9(15)7-3-2-4-16-7/h2-4,6,14H,5H2,1H3,(H,11,12,13,15)/t6-/m1/s1. The Hall–Kier alpha value is -1.31. The van der Waals surface area contributed by atoms with E-state index in [9.17, 15) is 9.90 Å². The van der Waals surface area contributed by atoms with E-state index in [0.29, 0.717) is 22.3 Å². The molecule has 5 nitrogen and oxygen atoms in total. The summed E-state index contributed by atoms with van der Waals surface area (Å²) in [6.07, 6.45) is -0.0868. The van der Waals surface area contributed by atoms with Gasteiger partial charge < -0.3 is 5.11 Å². The van der Waals surface area contributed by atoms with Crippen molar-refractivity contribution >= 4 is 33.9 Å². The number of amides is 1. The van der Waals surface area contributed by atoms with Crippen LogP contribution in [0.3, 0.4) is 0 Å². The van der Waals surface area contributed by atoms with Gasteiger partial charge >= 0.3 is 0 Å². The number of carbonyl (C=O) groups excluding carboxylic acids is 1. The topological polar surface area (TPSA) is 75.1 Å². The van der Waals surface area contributed by atoms with Crippen LogP contribution in [0.25, 0.3) is 0 Å². The zero-order valence-corrected chi connectivity index (χ0v) is 10.7. The number of rotatable bonds is 4. The fraction of sp³-hybridized carbons (Fsp3) is 0.300. The first kappa shape index (κ1) is 12.2. The van der Waals surface area contributed by atoms with Crippen molar-refractivity contribution < 1.29 is 9.90 Å². The zero-order valence-electron chi connectivity index (χ0n) is 9.08. The smallest absolute Gasteiger partial charge is 0.267 e. The largest absolute Gasteiger partial charge is 0.393 e. The van der Waals surface area contributed by atoms with Gasteiger partial charge in [-0.1, -0.05) is 6.07 Å². The van der Waals surface area contributed by atoms with Crippen LogP contribution in [0.5, 0.6) is 0 Å². The van der Waals surface area contributed by atoms with Crippen LogP contribution in [-0.2, 0) is 6.42 Å². The van der Waals surface area contributed by atoms with Crippen LogP contribution in [0.15, 0.2) is 17.5 Å². The Labute approximate surface area is 106 Å². The lowest BCUT2D eigenvalue weighted by molar-refractivity contribution is 0.103. The fourth-order valence-electron chi connectivity index (χ4n) is 1.22. The molecular formula is C10H11N3O2S2. The van der Waals surface area contributed by atoms with Crippen LogP contribution >= 0.6 is 22.9 Å². The summed E-state index contributed by atoms with van der Waals surface area (Å²) in [6.45, 7) is 1.67. The molecule has 17 heavy (non-hydrogen) atoms. The van der Waals surface area contributed by atoms with Crippen molar-refractivity contribution in [1.29, 1.82) is 0 Å². The molecule has 0 fully saturated rings. The normalized spacial score (nSPS) is 12.4. The summed E-state index contributed by atoms with van der Waals surface area (Å²) in [5.74, 6) is 0.367. The van der Waals surface area contributed by atoms with E-state index in [1.54, 1.807) is 13.0 Å². The average Bonchev–Trinajstić information content (AvgIpc) is 2.87. The summed E-state index contributed by atoms with van der Waals surface area (Å²) in [6, 6.07) is 3.57. The Bertz CT molecular complexity index is 493. The Morgan fingerprint density at radius 2 is 2.47 bits per heavy atom. The number of aromatic nitrogens is 2. The molecule has 0 aliphatic heterocycles. The maximum Gasteiger partial charge on any atom is 0.267 e. The van der Waals surface area contributed by atoms with Crippen molar-refractivity contribution in [3.05, 3.63) is 28.2 Å². The van der Waals surface area contributed by atoms with Crippen molar-refractivity contribution in [2.45, 2.75) is 19.4 Å². The molecule has 2 aromatic rings. The quantitative estimate of drug-likeness (QED) is 0.887. The van der Waals surface area contributed by atoms with Crippen molar-refractivity contribution in [3.8, 4) is 0 Å². The monoisotopic (exact) mass is 269 g/mol. The van der Waals surface area contributed by atoms with Gasteiger partial charge in [-0.15, -0.1) is 11.3 Å². The lowest BCUT2D eigenvalue weighted by Crippen LogP contribution is -2.10. The molecule has 2 heterocycles. The van der Waals surface area contributed by atoms with Gasteiger partial charge in [-0.2, -0.15) is 4.37 Å². The van der Waals surface area contributed by atoms with Crippen molar-refractivity contribution in [3.63, 3.8) is 0 Å². The van der Waals surface area contributed by atoms with E-state index >= 15 is 0 Å². The first-order valence-electron chi connectivity index (χ1n) is 5.00. The van der Waals surface area contributed by atoms with E-state index < -0.39 is 6.10 Å². The number of aliphatic hydroxyl groups excluding tert-OH is 1. The van der Waals surface area contributed by atoms with E-state index in [2.05, 4.69) is 14.7 Å². The van der Waals surface area contributed by atoms with Gasteiger partial charge in [0.05, 0.1) is 11.0 Å². The summed E-state index contributed by atoms with van der Waals surface area (Å²) in [7, 11) is 0. The highest BCUT2D eigenvalue weighted by atomic mass is 32.1. The van der Waals surface area contributed by atoms with Gasteiger partial charge in [-0.3, -0.25) is 10.1 Å². The number of carbonyl (C=O) groups is 1. The van der Waals surface area contributed by atoms with Crippen LogP contribution in [0, 0.1) is 0 Å². The molecule has 0 saturated carbocycles. The summed E-state index contributed by atoms with van der Waals surface area (Å²) < 4.78 is 4.05. The minimum Gasteiger partial charge on any atom is -0.393 e. The third-order valence-corrected chi connectivity index (χ3v) is 3.45. The van der Waals surface area contributed by atoms with Gasteiger partial charge in [0.25, 0.3) is 5.91 Å². The number of hydrogen-bond donors (Lipinski definition) is 2. The molecule has 7 heteroatoms. The molecule has 0 bridgehead atoms. The molecule has 2 N–H and O–H groups in total. The highest BCUT2D eigenvalue weighted by Gasteiger charge is 2.11. The maximum atomic E-state index is 11.7. The zero-order chi connectivity index (χ0) is 12.3. The van der Waals surface area contributed by atoms with E-state index in [1.807, 2.05) is 11.4 Å². The fourth-order valence-corrected chi connectivity index (χ4v) is 2.43. The average molecular weight is 269 g/mol. The van der Waals surface area contributed by atoms with E-state index in [1.165, 1.54) is 11.3 Å². The third-order valence-electron chi connectivity index (χ3n) is 1.91. The molecular weight excluding hydrogens is 258 g/mol. The van der Waals surface area contributed by atoms with E-state index in [4.69, 9.17) is 0 Å². The summed E-state index contributed by atoms with van der Waals surface area (Å²) in [5.41, 5.74) is 0. The van der Waals surface area contributed by atoms with E-state index in [0.717, 1.165) is 11.5 Å². The molecule has 0 saturated heterocycles. The SMILES string of the molecule is C[C@@H](O)Cc1nsc(NC(=O)c2cccs2)n1. The number of anilines is 1. The molecule has 0 spiro atoms. The number of thiophene rings is 1. The highest BCUT2D eigenvalue weighted by molar-refractivity contribution is 7.12. The van der Waals surface area contributed by atoms with Gasteiger partial charge in [0, 0.05) is 18.0 Å². The number of nitrogens with one attached hydrogen (secondary N) is 1. The maximum absolute atomic E-state index is 11.7. The van der Waals surface area contributed by atoms with Gasteiger partial charge in [0.1, 0.15) is 5.82 Å². The van der Waals surface area contributed by atoms with Crippen molar-refractivity contribution in [2.75, 3.05) is 5.32 Å². The highest BCUT2D eigenvalue weighted by Crippen LogP contribution is 2.15. The second-order valence-corrected chi connectivity index (χ2v) is 5.20. The molecule has 90 valence electrons. The van der Waals surface area contributed by atoms with Crippen LogP contribution in [0.1, 0.15) is 22.4 Å². The lowest BCUT2D eigenvalue weighted by Gasteiger charge is -1.98. The van der Waals surface area contributed by atoms with Crippen LogP contribution in [0.4, 0.5) is 5.13 Å². The molecule has 1 amide bonds. The van der Waals surface area contributed by atoms with Crippen LogP contribution < -0.4 is 5.32 Å². The van der Waals surface area contributed by atoms with Gasteiger partial charge in [-0.25, -0.2) is 4.98 Å². The van der Waals surface area contributed by atoms with Crippen LogP contribution in [-0.4, -0.2) is 26.5 Å². The van der Waals surface area contributed by atoms with Gasteiger partial charge in [0.15, 0.2) is 0 Å². The van der Waals surface area contributed by atoms with Crippen molar-refractivity contribution in [1.82, 2.24) is 9.36 Å². The molecule has 0 radical (unpaired) electrons. The summed E-state index contributed by atoms with van der Waals surface area (Å²) in [5, 5.41) is 14.2.